The Morgan fingerprint density at radius 3 is 2.42 bits per heavy atom. The number of carbonyl (C=O) groups excluding carboxylic acids is 2. The van der Waals surface area contributed by atoms with E-state index < -0.39 is 28.9 Å². The summed E-state index contributed by atoms with van der Waals surface area (Å²) >= 11 is 0. The van der Waals surface area contributed by atoms with Gasteiger partial charge in [-0.1, -0.05) is 19.9 Å². The molecule has 2 N–H and O–H groups in total. The number of halogens is 2. The van der Waals surface area contributed by atoms with Crippen LogP contribution >= 0.6 is 0 Å². The third-order valence-electron chi connectivity index (χ3n) is 9.21. The van der Waals surface area contributed by atoms with Crippen LogP contribution in [0, 0.1) is 28.9 Å². The van der Waals surface area contributed by atoms with Gasteiger partial charge in [-0.15, -0.1) is 0 Å². The molecule has 1 saturated carbocycles. The molecule has 48 heavy (non-hydrogen) atoms. The van der Waals surface area contributed by atoms with Crippen LogP contribution in [0.3, 0.4) is 0 Å². The van der Waals surface area contributed by atoms with Gasteiger partial charge in [0.2, 0.25) is 17.7 Å². The molecule has 252 valence electrons. The maximum atomic E-state index is 15.4. The van der Waals surface area contributed by atoms with E-state index in [1.807, 2.05) is 0 Å². The Bertz CT molecular complexity index is 1790. The lowest BCUT2D eigenvalue weighted by Gasteiger charge is -2.26. The summed E-state index contributed by atoms with van der Waals surface area (Å²) < 4.78 is 51.8. The Hall–Kier alpha value is -4.88. The van der Waals surface area contributed by atoms with Crippen molar-refractivity contribution < 1.29 is 37.3 Å². The smallest absolute Gasteiger partial charge is 0.240 e. The number of methoxy groups -OCH3 is 1. The largest absolute Gasteiger partial charge is 0.493 e. The van der Waals surface area contributed by atoms with Gasteiger partial charge in [-0.3, -0.25) is 14.5 Å². The molecular weight excluding hydrogens is 624 g/mol. The standard InChI is InChI=1S/C35H37F2N5O6/c1-21-22(2)35(21,33(43)40-24-10-8-23(36)9-11-24)34(44)41-27-7-4-6-26(37)31(27)48-32-25-18-29(45-3)30(19-28(25)38-20-39-32)47-15-5-12-42-13-16-46-17-14-42/h4,6-11,18-22H,5,12-17H2,1-3H3,(H,40,43)(H,41,44)/t21-,22-/m1/s1. The molecule has 1 aliphatic carbocycles. The molecule has 0 spiro atoms. The molecule has 6 rings (SSSR count). The lowest BCUT2D eigenvalue weighted by Crippen LogP contribution is -2.38. The molecule has 1 saturated heterocycles. The van der Waals surface area contributed by atoms with Crippen LogP contribution in [-0.2, 0) is 14.3 Å². The molecule has 2 fully saturated rings. The van der Waals surface area contributed by atoms with Crippen molar-refractivity contribution in [3.63, 3.8) is 0 Å². The van der Waals surface area contributed by atoms with Crippen molar-refractivity contribution in [1.29, 1.82) is 0 Å². The van der Waals surface area contributed by atoms with Gasteiger partial charge in [-0.25, -0.2) is 18.7 Å². The van der Waals surface area contributed by atoms with Gasteiger partial charge in [0, 0.05) is 31.4 Å². The highest BCUT2D eigenvalue weighted by molar-refractivity contribution is 6.18. The molecule has 1 aromatic heterocycles. The Morgan fingerprint density at radius 1 is 0.979 bits per heavy atom. The second kappa shape index (κ2) is 14.1. The lowest BCUT2D eigenvalue weighted by atomic mass is 9.99. The highest BCUT2D eigenvalue weighted by Gasteiger charge is 2.69. The van der Waals surface area contributed by atoms with E-state index >= 15 is 4.39 Å². The Kier molecular flexibility index (Phi) is 9.69. The number of amides is 2. The van der Waals surface area contributed by atoms with Crippen molar-refractivity contribution in [3.05, 3.63) is 72.6 Å². The van der Waals surface area contributed by atoms with Crippen LogP contribution in [0.2, 0.25) is 0 Å². The summed E-state index contributed by atoms with van der Waals surface area (Å²) in [7, 11) is 1.51. The van der Waals surface area contributed by atoms with Gasteiger partial charge in [0.05, 0.1) is 43.5 Å². The third-order valence-corrected chi connectivity index (χ3v) is 9.21. The minimum absolute atomic E-state index is 0.0132. The molecule has 0 bridgehead atoms. The first-order valence-electron chi connectivity index (χ1n) is 15.8. The zero-order chi connectivity index (χ0) is 33.8. The van der Waals surface area contributed by atoms with E-state index in [0.717, 1.165) is 39.3 Å². The maximum Gasteiger partial charge on any atom is 0.240 e. The van der Waals surface area contributed by atoms with Crippen LogP contribution in [-0.4, -0.2) is 73.2 Å². The Labute approximate surface area is 276 Å². The van der Waals surface area contributed by atoms with Crippen molar-refractivity contribution in [2.75, 3.05) is 57.2 Å². The first-order valence-corrected chi connectivity index (χ1v) is 15.8. The number of benzene rings is 3. The number of nitrogens with zero attached hydrogens (tertiary/aromatic N) is 3. The number of ether oxygens (including phenoxy) is 4. The number of rotatable bonds is 12. The topological polar surface area (TPSA) is 124 Å². The molecule has 13 heteroatoms. The van der Waals surface area contributed by atoms with Crippen molar-refractivity contribution in [2.24, 2.45) is 17.3 Å². The first-order chi connectivity index (χ1) is 23.2. The zero-order valence-corrected chi connectivity index (χ0v) is 26.9. The SMILES string of the molecule is COc1cc2c(Oc3c(F)cccc3NC(=O)C3(C(=O)Nc4ccc(F)cc4)[C@H](C)[C@H]3C)ncnc2cc1OCCCN1CCOCC1. The highest BCUT2D eigenvalue weighted by atomic mass is 19.1. The number of para-hydroxylation sites is 1. The quantitative estimate of drug-likeness (QED) is 0.146. The fourth-order valence-corrected chi connectivity index (χ4v) is 6.20. The molecule has 2 aliphatic rings. The minimum Gasteiger partial charge on any atom is -0.493 e. The number of hydrogen-bond donors (Lipinski definition) is 2. The average Bonchev–Trinajstić information content (AvgIpc) is 3.65. The molecule has 2 heterocycles. The van der Waals surface area contributed by atoms with E-state index in [2.05, 4.69) is 25.5 Å². The van der Waals surface area contributed by atoms with Gasteiger partial charge >= 0.3 is 0 Å². The number of anilines is 2. The molecular formula is C35H37F2N5O6. The van der Waals surface area contributed by atoms with Gasteiger partial charge in [-0.05, 0) is 60.7 Å². The predicted octanol–water partition coefficient (Wildman–Crippen LogP) is 5.66. The molecule has 0 radical (unpaired) electrons. The number of carbonyl (C=O) groups is 2. The van der Waals surface area contributed by atoms with E-state index in [4.69, 9.17) is 18.9 Å². The second-order valence-electron chi connectivity index (χ2n) is 11.9. The van der Waals surface area contributed by atoms with E-state index in [1.54, 1.807) is 26.0 Å². The van der Waals surface area contributed by atoms with Crippen LogP contribution in [0.5, 0.6) is 23.1 Å². The molecule has 2 atom stereocenters. The minimum atomic E-state index is -1.44. The van der Waals surface area contributed by atoms with Crippen LogP contribution in [0.4, 0.5) is 20.2 Å². The van der Waals surface area contributed by atoms with Crippen molar-refractivity contribution in [3.8, 4) is 23.1 Å². The van der Waals surface area contributed by atoms with Crippen molar-refractivity contribution in [1.82, 2.24) is 14.9 Å². The van der Waals surface area contributed by atoms with E-state index in [0.29, 0.717) is 34.7 Å². The summed E-state index contributed by atoms with van der Waals surface area (Å²) in [6.07, 6.45) is 2.10. The molecule has 0 unspecified atom stereocenters. The molecule has 11 nitrogen and oxygen atoms in total. The summed E-state index contributed by atoms with van der Waals surface area (Å²) in [6, 6.07) is 12.7. The summed E-state index contributed by atoms with van der Waals surface area (Å²) in [5.41, 5.74) is -0.602. The third kappa shape index (κ3) is 6.60. The lowest BCUT2D eigenvalue weighted by molar-refractivity contribution is -0.132. The highest BCUT2D eigenvalue weighted by Crippen LogP contribution is 2.59. The predicted molar refractivity (Wildman–Crippen MR) is 174 cm³/mol. The van der Waals surface area contributed by atoms with Crippen molar-refractivity contribution in [2.45, 2.75) is 20.3 Å². The summed E-state index contributed by atoms with van der Waals surface area (Å²) in [5, 5.41) is 5.86. The first kappa shape index (κ1) is 33.0. The average molecular weight is 662 g/mol. The molecule has 4 aromatic rings. The number of aromatic nitrogens is 2. The monoisotopic (exact) mass is 661 g/mol. The van der Waals surface area contributed by atoms with E-state index in [-0.39, 0.29) is 29.2 Å². The fourth-order valence-electron chi connectivity index (χ4n) is 6.20. The van der Waals surface area contributed by atoms with Gasteiger partial charge < -0.3 is 29.6 Å². The van der Waals surface area contributed by atoms with Gasteiger partial charge in [0.15, 0.2) is 23.1 Å². The fraction of sp³-hybridized carbons (Fsp3) is 0.371. The van der Waals surface area contributed by atoms with Crippen LogP contribution in [0.15, 0.2) is 60.9 Å². The Morgan fingerprint density at radius 2 is 1.71 bits per heavy atom. The molecule has 1 aliphatic heterocycles. The molecule has 2 amide bonds. The van der Waals surface area contributed by atoms with Gasteiger partial charge in [0.1, 0.15) is 17.6 Å². The summed E-state index contributed by atoms with van der Waals surface area (Å²) in [5.74, 6) is -2.36. The maximum absolute atomic E-state index is 15.4. The summed E-state index contributed by atoms with van der Waals surface area (Å²) in [4.78, 5) is 38.2. The second-order valence-corrected chi connectivity index (χ2v) is 11.9. The van der Waals surface area contributed by atoms with E-state index in [1.165, 1.54) is 55.9 Å². The molecule has 3 aromatic carbocycles. The number of morpholine rings is 1. The van der Waals surface area contributed by atoms with Crippen LogP contribution in [0.25, 0.3) is 10.9 Å². The van der Waals surface area contributed by atoms with Gasteiger partial charge in [-0.2, -0.15) is 0 Å². The van der Waals surface area contributed by atoms with Crippen LogP contribution < -0.4 is 24.8 Å². The summed E-state index contributed by atoms with van der Waals surface area (Å²) in [6.45, 7) is 8.21. The van der Waals surface area contributed by atoms with Crippen LogP contribution in [0.1, 0.15) is 20.3 Å². The van der Waals surface area contributed by atoms with E-state index in [9.17, 15) is 14.0 Å². The van der Waals surface area contributed by atoms with Crippen molar-refractivity contribution >= 4 is 34.1 Å². The zero-order valence-electron chi connectivity index (χ0n) is 26.9. The van der Waals surface area contributed by atoms with Gasteiger partial charge in [0.25, 0.3) is 0 Å². The Balaban J connectivity index is 1.20. The number of fused-ring (bicyclic) bond motifs is 1. The number of nitrogens with one attached hydrogen (secondary N) is 2. The normalized spacial score (nSPS) is 20.6. The number of hydrogen-bond acceptors (Lipinski definition) is 9.